The van der Waals surface area contributed by atoms with Crippen molar-refractivity contribution < 1.29 is 22.4 Å². The largest absolute Gasteiger partial charge is 0.354 e. The molecule has 0 amide bonds. The lowest BCUT2D eigenvalue weighted by atomic mass is 10.2. The molecule has 0 heterocycles. The summed E-state index contributed by atoms with van der Waals surface area (Å²) in [5, 5.41) is 0. The predicted octanol–water partition coefficient (Wildman–Crippen LogP) is 2.26. The number of hydrogen-bond acceptors (Lipinski definition) is 4. The number of ether oxygens (including phenoxy) is 2. The molecule has 0 saturated heterocycles. The summed E-state index contributed by atoms with van der Waals surface area (Å²) in [7, 11) is -0.790. The van der Waals surface area contributed by atoms with Crippen LogP contribution in [-0.4, -0.2) is 33.0 Å². The van der Waals surface area contributed by atoms with Crippen LogP contribution >= 0.6 is 0 Å². The van der Waals surface area contributed by atoms with Gasteiger partial charge in [-0.3, -0.25) is 4.55 Å². The Morgan fingerprint density at radius 3 is 1.67 bits per heavy atom. The fraction of sp³-hybridized carbons (Fsp3) is 0.500. The predicted molar refractivity (Wildman–Crippen MR) is 69.1 cm³/mol. The molecule has 0 aliphatic carbocycles. The van der Waals surface area contributed by atoms with Crippen LogP contribution < -0.4 is 0 Å². The van der Waals surface area contributed by atoms with Crippen molar-refractivity contribution in [2.24, 2.45) is 0 Å². The maximum absolute atomic E-state index is 10.5. The zero-order valence-corrected chi connectivity index (χ0v) is 12.1. The van der Waals surface area contributed by atoms with E-state index in [1.165, 1.54) is 12.1 Å². The van der Waals surface area contributed by atoms with Gasteiger partial charge in [-0.1, -0.05) is 17.7 Å². The molecular weight excluding hydrogens is 256 g/mol. The molecule has 0 spiro atoms. The van der Waals surface area contributed by atoms with Crippen LogP contribution in [0.2, 0.25) is 0 Å². The van der Waals surface area contributed by atoms with Gasteiger partial charge in [-0.05, 0) is 32.9 Å². The highest BCUT2D eigenvalue weighted by atomic mass is 32.2. The van der Waals surface area contributed by atoms with Gasteiger partial charge in [0, 0.05) is 14.2 Å². The third-order valence-electron chi connectivity index (χ3n) is 2.30. The molecule has 0 unspecified atom stereocenters. The molecule has 1 N–H and O–H groups in total. The SMILES string of the molecule is COC(C)(C)OC.Cc1ccc(S(=O)(=O)O)cc1. The quantitative estimate of drug-likeness (QED) is 0.677. The summed E-state index contributed by atoms with van der Waals surface area (Å²) < 4.78 is 39.3. The Bertz CT molecular complexity index is 442. The molecule has 1 rings (SSSR count). The fourth-order valence-corrected chi connectivity index (χ4v) is 1.27. The Morgan fingerprint density at radius 2 is 1.44 bits per heavy atom. The van der Waals surface area contributed by atoms with E-state index in [-0.39, 0.29) is 4.90 Å². The van der Waals surface area contributed by atoms with Crippen molar-refractivity contribution in [1.82, 2.24) is 0 Å². The van der Waals surface area contributed by atoms with Crippen molar-refractivity contribution in [2.75, 3.05) is 14.2 Å². The minimum absolute atomic E-state index is 0.0666. The van der Waals surface area contributed by atoms with E-state index in [9.17, 15) is 8.42 Å². The first-order valence-electron chi connectivity index (χ1n) is 5.27. The Labute approximate surface area is 108 Å². The molecule has 0 aromatic heterocycles. The normalized spacial score (nSPS) is 11.7. The molecule has 1 aromatic carbocycles. The van der Waals surface area contributed by atoms with Crippen molar-refractivity contribution in [3.63, 3.8) is 0 Å². The van der Waals surface area contributed by atoms with Crippen LogP contribution in [0.5, 0.6) is 0 Å². The van der Waals surface area contributed by atoms with E-state index in [1.54, 1.807) is 26.4 Å². The third kappa shape index (κ3) is 6.70. The highest BCUT2D eigenvalue weighted by Crippen LogP contribution is 2.08. The van der Waals surface area contributed by atoms with Crippen LogP contribution in [0.4, 0.5) is 0 Å². The molecule has 1 aromatic rings. The van der Waals surface area contributed by atoms with Crippen LogP contribution in [0, 0.1) is 6.92 Å². The highest BCUT2D eigenvalue weighted by Gasteiger charge is 2.12. The summed E-state index contributed by atoms with van der Waals surface area (Å²) in [5.41, 5.74) is 0.956. The minimum Gasteiger partial charge on any atom is -0.354 e. The molecular formula is C12H20O5S. The van der Waals surface area contributed by atoms with Gasteiger partial charge in [-0.15, -0.1) is 0 Å². The summed E-state index contributed by atoms with van der Waals surface area (Å²) in [6.45, 7) is 5.55. The van der Waals surface area contributed by atoms with E-state index in [2.05, 4.69) is 0 Å². The van der Waals surface area contributed by atoms with Gasteiger partial charge in [-0.2, -0.15) is 8.42 Å². The van der Waals surface area contributed by atoms with Gasteiger partial charge < -0.3 is 9.47 Å². The highest BCUT2D eigenvalue weighted by molar-refractivity contribution is 7.85. The van der Waals surface area contributed by atoms with Crippen LogP contribution in [0.1, 0.15) is 19.4 Å². The van der Waals surface area contributed by atoms with Crippen molar-refractivity contribution in [3.8, 4) is 0 Å². The van der Waals surface area contributed by atoms with Crippen molar-refractivity contribution in [2.45, 2.75) is 31.5 Å². The molecule has 0 radical (unpaired) electrons. The van der Waals surface area contributed by atoms with Crippen LogP contribution in [0.25, 0.3) is 0 Å². The number of rotatable bonds is 3. The lowest BCUT2D eigenvalue weighted by molar-refractivity contribution is -0.178. The number of methoxy groups -OCH3 is 2. The van der Waals surface area contributed by atoms with Crippen LogP contribution in [0.15, 0.2) is 29.2 Å². The van der Waals surface area contributed by atoms with E-state index >= 15 is 0 Å². The van der Waals surface area contributed by atoms with Crippen molar-refractivity contribution >= 4 is 10.1 Å². The zero-order valence-electron chi connectivity index (χ0n) is 11.3. The van der Waals surface area contributed by atoms with Crippen LogP contribution in [0.3, 0.4) is 0 Å². The summed E-state index contributed by atoms with van der Waals surface area (Å²) in [5.74, 6) is -0.417. The van der Waals surface area contributed by atoms with E-state index in [1.807, 2.05) is 20.8 Å². The smallest absolute Gasteiger partial charge is 0.294 e. The Morgan fingerprint density at radius 1 is 1.06 bits per heavy atom. The molecule has 6 heteroatoms. The molecule has 0 aliphatic rings. The first-order chi connectivity index (χ1) is 8.12. The Hall–Kier alpha value is -0.950. The second kappa shape index (κ2) is 6.84. The average molecular weight is 276 g/mol. The van der Waals surface area contributed by atoms with Gasteiger partial charge in [0.2, 0.25) is 0 Å². The van der Waals surface area contributed by atoms with E-state index in [0.29, 0.717) is 0 Å². The number of hydrogen-bond donors (Lipinski definition) is 1. The van der Waals surface area contributed by atoms with Gasteiger partial charge in [0.15, 0.2) is 5.79 Å². The second-order valence-electron chi connectivity index (χ2n) is 4.10. The minimum atomic E-state index is -4.02. The number of benzene rings is 1. The molecule has 0 fully saturated rings. The number of aryl methyl sites for hydroxylation is 1. The summed E-state index contributed by atoms with van der Waals surface area (Å²) in [6.07, 6.45) is 0. The van der Waals surface area contributed by atoms with Crippen LogP contribution in [-0.2, 0) is 19.6 Å². The monoisotopic (exact) mass is 276 g/mol. The van der Waals surface area contributed by atoms with E-state index in [4.69, 9.17) is 14.0 Å². The van der Waals surface area contributed by atoms with Gasteiger partial charge >= 0.3 is 0 Å². The Balaban J connectivity index is 0.000000360. The van der Waals surface area contributed by atoms with Gasteiger partial charge in [0.25, 0.3) is 10.1 Å². The molecule has 18 heavy (non-hydrogen) atoms. The summed E-state index contributed by atoms with van der Waals surface area (Å²) >= 11 is 0. The van der Waals surface area contributed by atoms with Crippen molar-refractivity contribution in [3.05, 3.63) is 29.8 Å². The second-order valence-corrected chi connectivity index (χ2v) is 5.52. The van der Waals surface area contributed by atoms with E-state index in [0.717, 1.165) is 5.56 Å². The average Bonchev–Trinajstić information content (AvgIpc) is 2.29. The lowest BCUT2D eigenvalue weighted by Gasteiger charge is -2.19. The van der Waals surface area contributed by atoms with E-state index < -0.39 is 15.9 Å². The maximum Gasteiger partial charge on any atom is 0.294 e. The molecule has 0 atom stereocenters. The first kappa shape index (κ1) is 17.1. The molecule has 5 nitrogen and oxygen atoms in total. The first-order valence-corrected chi connectivity index (χ1v) is 6.71. The molecule has 104 valence electrons. The zero-order chi connectivity index (χ0) is 14.4. The topological polar surface area (TPSA) is 72.8 Å². The maximum atomic E-state index is 10.5. The molecule has 0 aliphatic heterocycles. The Kier molecular flexibility index (Phi) is 6.48. The van der Waals surface area contributed by atoms with Gasteiger partial charge in [-0.25, -0.2) is 0 Å². The summed E-state index contributed by atoms with van der Waals surface area (Å²) in [4.78, 5) is -0.0666. The molecule has 0 bridgehead atoms. The van der Waals surface area contributed by atoms with Gasteiger partial charge in [0.05, 0.1) is 4.90 Å². The third-order valence-corrected chi connectivity index (χ3v) is 3.17. The standard InChI is InChI=1S/C7H8O3S.C5H12O2/c1-6-2-4-7(5-3-6)11(8,9)10;1-5(2,6-3)7-4/h2-5H,1H3,(H,8,9,10);1-4H3. The molecule has 0 saturated carbocycles. The lowest BCUT2D eigenvalue weighted by Crippen LogP contribution is -2.24. The van der Waals surface area contributed by atoms with Crippen molar-refractivity contribution in [1.29, 1.82) is 0 Å². The summed E-state index contributed by atoms with van der Waals surface area (Å²) in [6, 6.07) is 5.99. The van der Waals surface area contributed by atoms with Gasteiger partial charge in [0.1, 0.15) is 0 Å². The fourth-order valence-electron chi connectivity index (χ4n) is 0.794.